The summed E-state index contributed by atoms with van der Waals surface area (Å²) in [6.07, 6.45) is 3.26. The summed E-state index contributed by atoms with van der Waals surface area (Å²) >= 11 is 0. The van der Waals surface area contributed by atoms with Gasteiger partial charge in [-0.1, -0.05) is 24.3 Å². The molecule has 1 rings (SSSR count). The maximum Gasteiger partial charge on any atom is 0.325 e. The van der Waals surface area contributed by atoms with E-state index >= 15 is 0 Å². The zero-order valence-electron chi connectivity index (χ0n) is 12.3. The number of benzene rings is 1. The number of hydrogen-bond acceptors (Lipinski definition) is 3. The average Bonchev–Trinajstić information content (AvgIpc) is 2.44. The molecule has 4 heteroatoms. The zero-order chi connectivity index (χ0) is 15.0. The van der Waals surface area contributed by atoms with Gasteiger partial charge in [0, 0.05) is 12.6 Å². The molecule has 0 aliphatic carbocycles. The van der Waals surface area contributed by atoms with Gasteiger partial charge in [0.25, 0.3) is 0 Å². The molecule has 0 N–H and O–H groups in total. The van der Waals surface area contributed by atoms with Crippen molar-refractivity contribution in [1.29, 1.82) is 0 Å². The Morgan fingerprint density at radius 2 is 1.95 bits per heavy atom. The van der Waals surface area contributed by atoms with Crippen LogP contribution in [0.1, 0.15) is 25.0 Å². The van der Waals surface area contributed by atoms with E-state index in [2.05, 4.69) is 0 Å². The number of hydrogen-bond donors (Lipinski definition) is 0. The zero-order valence-corrected chi connectivity index (χ0v) is 12.3. The smallest absolute Gasteiger partial charge is 0.325 e. The first-order chi connectivity index (χ1) is 9.58. The van der Waals surface area contributed by atoms with Crippen LogP contribution in [0.5, 0.6) is 0 Å². The van der Waals surface area contributed by atoms with Crippen molar-refractivity contribution in [2.75, 3.05) is 19.7 Å². The first-order valence-electron chi connectivity index (χ1n) is 6.76. The SMILES string of the molecule is CCOC(=O)CN(CC)C(=O)/C=C/c1ccccc1C. The third-order valence-electron chi connectivity index (χ3n) is 2.91. The van der Waals surface area contributed by atoms with Crippen molar-refractivity contribution >= 4 is 18.0 Å². The van der Waals surface area contributed by atoms with Gasteiger partial charge < -0.3 is 9.64 Å². The topological polar surface area (TPSA) is 46.6 Å². The van der Waals surface area contributed by atoms with Gasteiger partial charge in [-0.2, -0.15) is 0 Å². The van der Waals surface area contributed by atoms with Crippen LogP contribution in [0.3, 0.4) is 0 Å². The van der Waals surface area contributed by atoms with Crippen molar-refractivity contribution in [1.82, 2.24) is 4.90 Å². The Morgan fingerprint density at radius 3 is 2.55 bits per heavy atom. The van der Waals surface area contributed by atoms with Crippen LogP contribution >= 0.6 is 0 Å². The number of carbonyl (C=O) groups is 2. The highest BCUT2D eigenvalue weighted by Gasteiger charge is 2.13. The van der Waals surface area contributed by atoms with Crippen molar-refractivity contribution in [3.05, 3.63) is 41.5 Å². The second kappa shape index (κ2) is 8.15. The summed E-state index contributed by atoms with van der Waals surface area (Å²) in [5.74, 6) is -0.573. The largest absolute Gasteiger partial charge is 0.465 e. The van der Waals surface area contributed by atoms with E-state index in [1.165, 1.54) is 11.0 Å². The molecular weight excluding hydrogens is 254 g/mol. The molecular formula is C16H21NO3. The van der Waals surface area contributed by atoms with Gasteiger partial charge in [0.2, 0.25) is 5.91 Å². The fourth-order valence-corrected chi connectivity index (χ4v) is 1.75. The highest BCUT2D eigenvalue weighted by atomic mass is 16.5. The van der Waals surface area contributed by atoms with E-state index < -0.39 is 0 Å². The molecule has 0 unspecified atom stereocenters. The van der Waals surface area contributed by atoms with Gasteiger partial charge in [-0.05, 0) is 38.0 Å². The number of esters is 1. The molecule has 0 aliphatic rings. The molecule has 0 spiro atoms. The summed E-state index contributed by atoms with van der Waals surface area (Å²) in [6.45, 7) is 6.34. The summed E-state index contributed by atoms with van der Waals surface area (Å²) in [5.41, 5.74) is 2.10. The minimum atomic E-state index is -0.382. The predicted molar refractivity (Wildman–Crippen MR) is 79.1 cm³/mol. The van der Waals surface area contributed by atoms with E-state index in [9.17, 15) is 9.59 Å². The normalized spacial score (nSPS) is 10.6. The number of carbonyl (C=O) groups excluding carboxylic acids is 2. The molecule has 0 aliphatic heterocycles. The lowest BCUT2D eigenvalue weighted by Crippen LogP contribution is -2.35. The third kappa shape index (κ3) is 4.88. The second-order valence-corrected chi connectivity index (χ2v) is 4.35. The quantitative estimate of drug-likeness (QED) is 0.591. The van der Waals surface area contributed by atoms with E-state index in [0.717, 1.165) is 11.1 Å². The lowest BCUT2D eigenvalue weighted by Gasteiger charge is -2.17. The molecule has 20 heavy (non-hydrogen) atoms. The molecule has 4 nitrogen and oxygen atoms in total. The number of rotatable bonds is 6. The van der Waals surface area contributed by atoms with E-state index in [-0.39, 0.29) is 18.4 Å². The van der Waals surface area contributed by atoms with Crippen LogP contribution in [0.2, 0.25) is 0 Å². The van der Waals surface area contributed by atoms with Crippen molar-refractivity contribution in [2.45, 2.75) is 20.8 Å². The van der Waals surface area contributed by atoms with E-state index in [1.807, 2.05) is 38.1 Å². The number of ether oxygens (including phenoxy) is 1. The lowest BCUT2D eigenvalue weighted by molar-refractivity contribution is -0.147. The summed E-state index contributed by atoms with van der Waals surface area (Å²) in [7, 11) is 0. The van der Waals surface area contributed by atoms with Gasteiger partial charge in [0.1, 0.15) is 6.54 Å². The van der Waals surface area contributed by atoms with E-state index in [4.69, 9.17) is 4.74 Å². The van der Waals surface area contributed by atoms with Gasteiger partial charge in [-0.15, -0.1) is 0 Å². The molecule has 0 heterocycles. The Kier molecular flexibility index (Phi) is 6.50. The number of nitrogens with zero attached hydrogens (tertiary/aromatic N) is 1. The fraction of sp³-hybridized carbons (Fsp3) is 0.375. The molecule has 0 aromatic heterocycles. The molecule has 108 valence electrons. The highest BCUT2D eigenvalue weighted by molar-refractivity contribution is 5.93. The molecule has 1 amide bonds. The molecule has 1 aromatic rings. The van der Waals surface area contributed by atoms with Gasteiger partial charge in [-0.3, -0.25) is 9.59 Å². The first kappa shape index (κ1) is 16.0. The van der Waals surface area contributed by atoms with Crippen LogP contribution in [0.15, 0.2) is 30.3 Å². The van der Waals surface area contributed by atoms with Crippen LogP contribution in [0.25, 0.3) is 6.08 Å². The van der Waals surface area contributed by atoms with E-state index in [1.54, 1.807) is 13.0 Å². The summed E-state index contributed by atoms with van der Waals surface area (Å²) < 4.78 is 4.85. The maximum absolute atomic E-state index is 12.0. The Balaban J connectivity index is 2.68. The summed E-state index contributed by atoms with van der Waals surface area (Å²) in [4.78, 5) is 24.9. The monoisotopic (exact) mass is 275 g/mol. The van der Waals surface area contributed by atoms with E-state index in [0.29, 0.717) is 13.2 Å². The minimum Gasteiger partial charge on any atom is -0.465 e. The Hall–Kier alpha value is -2.10. The van der Waals surface area contributed by atoms with Crippen molar-refractivity contribution in [2.24, 2.45) is 0 Å². The van der Waals surface area contributed by atoms with Crippen LogP contribution in [0, 0.1) is 6.92 Å². The van der Waals surface area contributed by atoms with Gasteiger partial charge >= 0.3 is 5.97 Å². The Bertz CT molecular complexity index is 494. The van der Waals surface area contributed by atoms with Crippen LogP contribution in [-0.4, -0.2) is 36.5 Å². The highest BCUT2D eigenvalue weighted by Crippen LogP contribution is 2.09. The van der Waals surface area contributed by atoms with Crippen molar-refractivity contribution in [3.8, 4) is 0 Å². The predicted octanol–water partition coefficient (Wildman–Crippen LogP) is 2.42. The van der Waals surface area contributed by atoms with Gasteiger partial charge in [0.15, 0.2) is 0 Å². The van der Waals surface area contributed by atoms with Crippen LogP contribution in [-0.2, 0) is 14.3 Å². The minimum absolute atomic E-state index is 0.0126. The fourth-order valence-electron chi connectivity index (χ4n) is 1.75. The molecule has 0 bridgehead atoms. The molecule has 0 saturated carbocycles. The van der Waals surface area contributed by atoms with Gasteiger partial charge in [-0.25, -0.2) is 0 Å². The molecule has 1 aromatic carbocycles. The standard InChI is InChI=1S/C16H21NO3/c1-4-17(12-16(19)20-5-2)15(18)11-10-14-9-7-6-8-13(14)3/h6-11H,4-5,12H2,1-3H3/b11-10+. The Morgan fingerprint density at radius 1 is 1.25 bits per heavy atom. The summed E-state index contributed by atoms with van der Waals surface area (Å²) in [5, 5.41) is 0. The van der Waals surface area contributed by atoms with Crippen molar-refractivity contribution < 1.29 is 14.3 Å². The molecule has 0 saturated heterocycles. The molecule has 0 atom stereocenters. The van der Waals surface area contributed by atoms with Crippen LogP contribution < -0.4 is 0 Å². The molecule has 0 radical (unpaired) electrons. The summed E-state index contributed by atoms with van der Waals surface area (Å²) in [6, 6.07) is 7.81. The second-order valence-electron chi connectivity index (χ2n) is 4.35. The maximum atomic E-state index is 12.0. The lowest BCUT2D eigenvalue weighted by atomic mass is 10.1. The van der Waals surface area contributed by atoms with Crippen molar-refractivity contribution in [3.63, 3.8) is 0 Å². The number of likely N-dealkylation sites (N-methyl/N-ethyl adjacent to an activating group) is 1. The average molecular weight is 275 g/mol. The third-order valence-corrected chi connectivity index (χ3v) is 2.91. The van der Waals surface area contributed by atoms with Gasteiger partial charge in [0.05, 0.1) is 6.61 Å². The molecule has 0 fully saturated rings. The van der Waals surface area contributed by atoms with Crippen LogP contribution in [0.4, 0.5) is 0 Å². The number of aryl methyl sites for hydroxylation is 1. The Labute approximate surface area is 120 Å². The number of amides is 1. The first-order valence-corrected chi connectivity index (χ1v) is 6.76.